The SMILES string of the molecule is CC1(C)COC([C@@H]2O[C@@H]2c2ccc(Cl)cc2)=N1. The van der Waals surface area contributed by atoms with Crippen molar-refractivity contribution in [3.05, 3.63) is 34.9 Å². The van der Waals surface area contributed by atoms with E-state index < -0.39 is 0 Å². The predicted molar refractivity (Wildman–Crippen MR) is 66.5 cm³/mol. The van der Waals surface area contributed by atoms with Crippen molar-refractivity contribution in [3.8, 4) is 0 Å². The second kappa shape index (κ2) is 3.72. The Morgan fingerprint density at radius 2 is 1.94 bits per heavy atom. The van der Waals surface area contributed by atoms with Crippen molar-refractivity contribution in [2.45, 2.75) is 31.6 Å². The number of benzene rings is 1. The third-order valence-electron chi connectivity index (χ3n) is 2.92. The number of rotatable bonds is 2. The summed E-state index contributed by atoms with van der Waals surface area (Å²) >= 11 is 5.85. The maximum Gasteiger partial charge on any atom is 0.217 e. The summed E-state index contributed by atoms with van der Waals surface area (Å²) in [4.78, 5) is 4.52. The zero-order valence-corrected chi connectivity index (χ0v) is 10.6. The smallest absolute Gasteiger partial charge is 0.217 e. The quantitative estimate of drug-likeness (QED) is 0.758. The lowest BCUT2D eigenvalue weighted by molar-refractivity contribution is 0.266. The van der Waals surface area contributed by atoms with Crippen LogP contribution in [-0.2, 0) is 9.47 Å². The monoisotopic (exact) mass is 251 g/mol. The predicted octanol–water partition coefficient (Wildman–Crippen LogP) is 2.99. The normalized spacial score (nSPS) is 29.7. The first-order chi connectivity index (χ1) is 8.05. The molecule has 1 fully saturated rings. The maximum absolute atomic E-state index is 5.85. The van der Waals surface area contributed by atoms with Crippen molar-refractivity contribution in [1.29, 1.82) is 0 Å². The van der Waals surface area contributed by atoms with Crippen molar-refractivity contribution in [1.82, 2.24) is 0 Å². The summed E-state index contributed by atoms with van der Waals surface area (Å²) in [6.07, 6.45) is 0.0536. The van der Waals surface area contributed by atoms with Gasteiger partial charge in [0.05, 0.1) is 5.54 Å². The largest absolute Gasteiger partial charge is 0.476 e. The molecule has 2 aliphatic rings. The Balaban J connectivity index is 1.73. The molecule has 1 aromatic carbocycles. The molecule has 0 spiro atoms. The van der Waals surface area contributed by atoms with Crippen molar-refractivity contribution in [2.24, 2.45) is 4.99 Å². The van der Waals surface area contributed by atoms with Crippen molar-refractivity contribution in [2.75, 3.05) is 6.61 Å². The molecule has 0 N–H and O–H groups in total. The van der Waals surface area contributed by atoms with E-state index >= 15 is 0 Å². The van der Waals surface area contributed by atoms with Gasteiger partial charge in [-0.1, -0.05) is 23.7 Å². The van der Waals surface area contributed by atoms with Gasteiger partial charge in [-0.2, -0.15) is 0 Å². The minimum atomic E-state index is -0.119. The third-order valence-corrected chi connectivity index (χ3v) is 3.17. The molecule has 1 saturated heterocycles. The first-order valence-electron chi connectivity index (χ1n) is 5.69. The highest BCUT2D eigenvalue weighted by Crippen LogP contribution is 2.41. The summed E-state index contributed by atoms with van der Waals surface area (Å²) in [5, 5.41) is 0.738. The Morgan fingerprint density at radius 3 is 2.53 bits per heavy atom. The molecule has 0 amide bonds. The van der Waals surface area contributed by atoms with Gasteiger partial charge in [0.25, 0.3) is 0 Å². The van der Waals surface area contributed by atoms with Gasteiger partial charge in [0, 0.05) is 5.02 Å². The zero-order valence-electron chi connectivity index (χ0n) is 9.81. The molecule has 17 heavy (non-hydrogen) atoms. The van der Waals surface area contributed by atoms with Gasteiger partial charge in [-0.25, -0.2) is 4.99 Å². The van der Waals surface area contributed by atoms with Gasteiger partial charge in [0.15, 0.2) is 6.10 Å². The second-order valence-corrected chi connectivity index (χ2v) is 5.52. The van der Waals surface area contributed by atoms with Gasteiger partial charge < -0.3 is 9.47 Å². The summed E-state index contributed by atoms with van der Waals surface area (Å²) in [5.74, 6) is 0.731. The van der Waals surface area contributed by atoms with Crippen molar-refractivity contribution < 1.29 is 9.47 Å². The average molecular weight is 252 g/mol. The Bertz CT molecular complexity index is 467. The van der Waals surface area contributed by atoms with Gasteiger partial charge in [0.1, 0.15) is 12.7 Å². The fraction of sp³-hybridized carbons (Fsp3) is 0.462. The first kappa shape index (κ1) is 11.1. The Hall–Kier alpha value is -1.06. The lowest BCUT2D eigenvalue weighted by atomic mass is 10.1. The van der Waals surface area contributed by atoms with E-state index in [1.807, 2.05) is 24.3 Å². The van der Waals surface area contributed by atoms with Crippen molar-refractivity contribution in [3.63, 3.8) is 0 Å². The summed E-state index contributed by atoms with van der Waals surface area (Å²) in [6.45, 7) is 4.74. The molecule has 0 bridgehead atoms. The van der Waals surface area contributed by atoms with E-state index in [1.54, 1.807) is 0 Å². The van der Waals surface area contributed by atoms with Gasteiger partial charge >= 0.3 is 0 Å². The van der Waals surface area contributed by atoms with E-state index in [-0.39, 0.29) is 17.7 Å². The van der Waals surface area contributed by atoms with E-state index in [4.69, 9.17) is 21.1 Å². The highest BCUT2D eigenvalue weighted by Gasteiger charge is 2.48. The van der Waals surface area contributed by atoms with Crippen LogP contribution >= 0.6 is 11.6 Å². The molecule has 0 unspecified atom stereocenters. The second-order valence-electron chi connectivity index (χ2n) is 5.08. The molecule has 1 aromatic rings. The zero-order chi connectivity index (χ0) is 12.0. The van der Waals surface area contributed by atoms with E-state index in [0.29, 0.717) is 6.61 Å². The number of aliphatic imine (C=N–C) groups is 1. The molecule has 0 aliphatic carbocycles. The van der Waals surface area contributed by atoms with Crippen LogP contribution in [0.2, 0.25) is 5.02 Å². The van der Waals surface area contributed by atoms with Crippen LogP contribution in [0.4, 0.5) is 0 Å². The van der Waals surface area contributed by atoms with Gasteiger partial charge in [-0.3, -0.25) is 0 Å². The van der Waals surface area contributed by atoms with Crippen LogP contribution in [-0.4, -0.2) is 24.1 Å². The summed E-state index contributed by atoms with van der Waals surface area (Å²) in [6, 6.07) is 7.70. The van der Waals surface area contributed by atoms with Crippen molar-refractivity contribution >= 4 is 17.5 Å². The number of halogens is 1. The molecule has 0 saturated carbocycles. The van der Waals surface area contributed by atoms with E-state index in [9.17, 15) is 0 Å². The Morgan fingerprint density at radius 1 is 1.24 bits per heavy atom. The van der Waals surface area contributed by atoms with E-state index in [1.165, 1.54) is 0 Å². The van der Waals surface area contributed by atoms with Crippen LogP contribution in [0.15, 0.2) is 29.3 Å². The highest BCUT2D eigenvalue weighted by atomic mass is 35.5. The Kier molecular flexibility index (Phi) is 2.42. The summed E-state index contributed by atoms with van der Waals surface area (Å²) in [7, 11) is 0. The number of nitrogens with zero attached hydrogens (tertiary/aromatic N) is 1. The van der Waals surface area contributed by atoms with Crippen LogP contribution in [0.3, 0.4) is 0 Å². The van der Waals surface area contributed by atoms with Crippen LogP contribution < -0.4 is 0 Å². The summed E-state index contributed by atoms with van der Waals surface area (Å²) in [5.41, 5.74) is 1.00. The lowest BCUT2D eigenvalue weighted by Crippen LogP contribution is -2.17. The lowest BCUT2D eigenvalue weighted by Gasteiger charge is -2.07. The van der Waals surface area contributed by atoms with E-state index in [2.05, 4.69) is 18.8 Å². The summed E-state index contributed by atoms with van der Waals surface area (Å²) < 4.78 is 11.2. The maximum atomic E-state index is 5.85. The minimum absolute atomic E-state index is 0.0158. The number of ether oxygens (including phenoxy) is 2. The fourth-order valence-corrected chi connectivity index (χ4v) is 2.09. The molecule has 4 heteroatoms. The van der Waals surface area contributed by atoms with Crippen LogP contribution in [0.25, 0.3) is 0 Å². The third kappa shape index (κ3) is 2.17. The standard InChI is InChI=1S/C13H14ClNO2/c1-13(2)7-16-12(15-13)11-10(17-11)8-3-5-9(14)6-4-8/h3-6,10-11H,7H2,1-2H3/t10-,11-/m1/s1. The molecule has 2 heterocycles. The molecular formula is C13H14ClNO2. The van der Waals surface area contributed by atoms with Crippen LogP contribution in [0.5, 0.6) is 0 Å². The Labute approximate surface area is 105 Å². The fourth-order valence-electron chi connectivity index (χ4n) is 1.97. The van der Waals surface area contributed by atoms with Gasteiger partial charge in [-0.05, 0) is 31.5 Å². The molecule has 0 aromatic heterocycles. The van der Waals surface area contributed by atoms with E-state index in [0.717, 1.165) is 16.5 Å². The molecule has 0 radical (unpaired) electrons. The number of hydrogen-bond acceptors (Lipinski definition) is 3. The highest BCUT2D eigenvalue weighted by molar-refractivity contribution is 6.30. The molecule has 2 aliphatic heterocycles. The van der Waals surface area contributed by atoms with Crippen LogP contribution in [0.1, 0.15) is 25.5 Å². The molecule has 2 atom stereocenters. The van der Waals surface area contributed by atoms with Gasteiger partial charge in [-0.15, -0.1) is 0 Å². The number of hydrogen-bond donors (Lipinski definition) is 0. The van der Waals surface area contributed by atoms with Crippen LogP contribution in [0, 0.1) is 0 Å². The molecule has 3 nitrogen and oxygen atoms in total. The molecule has 3 rings (SSSR count). The van der Waals surface area contributed by atoms with Gasteiger partial charge in [0.2, 0.25) is 5.90 Å². The average Bonchev–Trinajstić information content (AvgIpc) is 2.98. The number of epoxide rings is 1. The minimum Gasteiger partial charge on any atom is -0.476 e. The molecule has 90 valence electrons. The topological polar surface area (TPSA) is 34.1 Å². The molecular weight excluding hydrogens is 238 g/mol. The first-order valence-corrected chi connectivity index (χ1v) is 6.06.